The summed E-state index contributed by atoms with van der Waals surface area (Å²) < 4.78 is 0. The Morgan fingerprint density at radius 3 is 3.00 bits per heavy atom. The van der Waals surface area contributed by atoms with Crippen LogP contribution in [0.25, 0.3) is 0 Å². The highest BCUT2D eigenvalue weighted by atomic mass is 16.2. The lowest BCUT2D eigenvalue weighted by atomic mass is 9.82. The van der Waals surface area contributed by atoms with Gasteiger partial charge in [-0.3, -0.25) is 0 Å². The molecule has 0 heterocycles. The molecule has 0 aromatic rings. The van der Waals surface area contributed by atoms with E-state index in [0.717, 1.165) is 6.42 Å². The van der Waals surface area contributed by atoms with Gasteiger partial charge in [0.15, 0.2) is 0 Å². The Bertz CT molecular complexity index is 395. The van der Waals surface area contributed by atoms with Crippen molar-refractivity contribution in [2.45, 2.75) is 44.6 Å². The average molecular weight is 218 g/mol. The number of urea groups is 1. The minimum atomic E-state index is -0.378. The number of nitrogens with one attached hydrogen (secondary N) is 1. The highest BCUT2D eigenvalue weighted by Crippen LogP contribution is 2.45. The molecule has 0 radical (unpaired) electrons. The van der Waals surface area contributed by atoms with E-state index in [2.05, 4.69) is 11.4 Å². The van der Waals surface area contributed by atoms with E-state index in [-0.39, 0.29) is 12.1 Å². The smallest absolute Gasteiger partial charge is 0.312 e. The molecule has 0 aromatic heterocycles. The molecule has 0 spiro atoms. The van der Waals surface area contributed by atoms with Gasteiger partial charge in [-0.2, -0.15) is 0 Å². The zero-order chi connectivity index (χ0) is 11.1. The van der Waals surface area contributed by atoms with Crippen LogP contribution < -0.4 is 11.1 Å². The second-order valence-electron chi connectivity index (χ2n) is 5.11. The van der Waals surface area contributed by atoms with Crippen LogP contribution in [0.2, 0.25) is 0 Å². The third-order valence-electron chi connectivity index (χ3n) is 4.20. The minimum absolute atomic E-state index is 0.206. The summed E-state index contributed by atoms with van der Waals surface area (Å²) in [5.74, 6) is 0.532. The first-order valence-corrected chi connectivity index (χ1v) is 6.24. The fraction of sp³-hybridized carbons (Fsp3) is 0.615. The SMILES string of the molecule is NC(=O)NC1C2=C(C=C3CCCC31)CCC2. The first kappa shape index (κ1) is 9.94. The van der Waals surface area contributed by atoms with Crippen LogP contribution in [-0.4, -0.2) is 12.1 Å². The highest BCUT2D eigenvalue weighted by Gasteiger charge is 2.37. The lowest BCUT2D eigenvalue weighted by Crippen LogP contribution is -2.45. The molecule has 2 amide bonds. The number of carbonyl (C=O) groups is 1. The molecule has 1 fully saturated rings. The van der Waals surface area contributed by atoms with E-state index in [0.29, 0.717) is 5.92 Å². The summed E-state index contributed by atoms with van der Waals surface area (Å²) in [6, 6.07) is -0.172. The Morgan fingerprint density at radius 2 is 2.19 bits per heavy atom. The molecule has 16 heavy (non-hydrogen) atoms. The molecule has 0 aliphatic heterocycles. The van der Waals surface area contributed by atoms with Crippen molar-refractivity contribution in [2.24, 2.45) is 11.7 Å². The average Bonchev–Trinajstić information content (AvgIpc) is 2.83. The number of hydrogen-bond acceptors (Lipinski definition) is 1. The maximum absolute atomic E-state index is 11.1. The Labute approximate surface area is 95.8 Å². The number of amides is 2. The van der Waals surface area contributed by atoms with Gasteiger partial charge in [-0.05, 0) is 49.7 Å². The molecule has 3 heteroatoms. The third-order valence-corrected chi connectivity index (χ3v) is 4.20. The van der Waals surface area contributed by atoms with Crippen molar-refractivity contribution in [3.8, 4) is 0 Å². The van der Waals surface area contributed by atoms with Crippen molar-refractivity contribution in [3.63, 3.8) is 0 Å². The Kier molecular flexibility index (Phi) is 2.27. The zero-order valence-electron chi connectivity index (χ0n) is 9.46. The predicted molar refractivity (Wildman–Crippen MR) is 62.8 cm³/mol. The van der Waals surface area contributed by atoms with Crippen molar-refractivity contribution in [1.82, 2.24) is 5.32 Å². The number of nitrogens with two attached hydrogens (primary N) is 1. The largest absolute Gasteiger partial charge is 0.352 e. The first-order valence-electron chi connectivity index (χ1n) is 6.24. The topological polar surface area (TPSA) is 55.1 Å². The lowest BCUT2D eigenvalue weighted by Gasteiger charge is -2.31. The Balaban J connectivity index is 1.94. The van der Waals surface area contributed by atoms with Crippen LogP contribution in [0.3, 0.4) is 0 Å². The van der Waals surface area contributed by atoms with E-state index in [1.54, 1.807) is 5.57 Å². The number of carbonyl (C=O) groups excluding carboxylic acids is 1. The molecule has 3 N–H and O–H groups in total. The van der Waals surface area contributed by atoms with Gasteiger partial charge in [0.05, 0.1) is 6.04 Å². The molecular weight excluding hydrogens is 200 g/mol. The van der Waals surface area contributed by atoms with Crippen LogP contribution in [0.1, 0.15) is 38.5 Å². The summed E-state index contributed by atoms with van der Waals surface area (Å²) in [4.78, 5) is 11.1. The number of rotatable bonds is 1. The minimum Gasteiger partial charge on any atom is -0.352 e. The van der Waals surface area contributed by atoms with E-state index >= 15 is 0 Å². The normalized spacial score (nSPS) is 32.1. The van der Waals surface area contributed by atoms with Crippen molar-refractivity contribution < 1.29 is 4.79 Å². The molecule has 0 bridgehead atoms. The maximum Gasteiger partial charge on any atom is 0.312 e. The van der Waals surface area contributed by atoms with Crippen molar-refractivity contribution in [3.05, 3.63) is 22.8 Å². The van der Waals surface area contributed by atoms with Gasteiger partial charge in [-0.25, -0.2) is 4.79 Å². The summed E-state index contributed by atoms with van der Waals surface area (Å²) in [5.41, 5.74) is 9.77. The van der Waals surface area contributed by atoms with Crippen LogP contribution in [0.15, 0.2) is 22.8 Å². The summed E-state index contributed by atoms with van der Waals surface area (Å²) in [6.07, 6.45) is 9.63. The molecule has 0 aromatic carbocycles. The number of fused-ring (bicyclic) bond motifs is 1. The molecule has 3 rings (SSSR count). The summed E-state index contributed by atoms with van der Waals surface area (Å²) in [6.45, 7) is 0. The molecule has 3 nitrogen and oxygen atoms in total. The molecule has 2 atom stereocenters. The predicted octanol–water partition coefficient (Wildman–Crippen LogP) is 2.24. The fourth-order valence-electron chi connectivity index (χ4n) is 3.57. The van der Waals surface area contributed by atoms with E-state index < -0.39 is 0 Å². The van der Waals surface area contributed by atoms with Gasteiger partial charge in [-0.1, -0.05) is 11.6 Å². The van der Waals surface area contributed by atoms with Gasteiger partial charge < -0.3 is 11.1 Å². The van der Waals surface area contributed by atoms with Gasteiger partial charge in [0.25, 0.3) is 0 Å². The first-order chi connectivity index (χ1) is 7.75. The maximum atomic E-state index is 11.1. The van der Waals surface area contributed by atoms with Crippen LogP contribution in [-0.2, 0) is 0 Å². The molecule has 0 saturated heterocycles. The molecule has 1 saturated carbocycles. The van der Waals surface area contributed by atoms with Crippen molar-refractivity contribution in [1.29, 1.82) is 0 Å². The summed E-state index contributed by atoms with van der Waals surface area (Å²) in [7, 11) is 0. The van der Waals surface area contributed by atoms with Crippen molar-refractivity contribution >= 4 is 6.03 Å². The third kappa shape index (κ3) is 1.46. The van der Waals surface area contributed by atoms with E-state index in [4.69, 9.17) is 5.73 Å². The highest BCUT2D eigenvalue weighted by molar-refractivity contribution is 5.73. The van der Waals surface area contributed by atoms with Crippen LogP contribution in [0.4, 0.5) is 4.79 Å². The molecule has 86 valence electrons. The number of allylic oxidation sites excluding steroid dienone is 2. The number of primary amides is 1. The summed E-state index contributed by atoms with van der Waals surface area (Å²) >= 11 is 0. The zero-order valence-corrected chi connectivity index (χ0v) is 9.46. The Hall–Kier alpha value is -1.25. The molecule has 3 aliphatic carbocycles. The van der Waals surface area contributed by atoms with Gasteiger partial charge in [0.2, 0.25) is 0 Å². The van der Waals surface area contributed by atoms with Crippen LogP contribution in [0.5, 0.6) is 0 Å². The van der Waals surface area contributed by atoms with Crippen molar-refractivity contribution in [2.75, 3.05) is 0 Å². The number of hydrogen-bond donors (Lipinski definition) is 2. The van der Waals surface area contributed by atoms with E-state index in [1.165, 1.54) is 43.3 Å². The lowest BCUT2D eigenvalue weighted by molar-refractivity contribution is 0.243. The van der Waals surface area contributed by atoms with Crippen LogP contribution in [0, 0.1) is 5.92 Å². The second kappa shape index (κ2) is 3.65. The van der Waals surface area contributed by atoms with E-state index in [9.17, 15) is 4.79 Å². The fourth-order valence-corrected chi connectivity index (χ4v) is 3.57. The Morgan fingerprint density at radius 1 is 1.31 bits per heavy atom. The van der Waals surface area contributed by atoms with Gasteiger partial charge in [-0.15, -0.1) is 0 Å². The van der Waals surface area contributed by atoms with Gasteiger partial charge in [0.1, 0.15) is 0 Å². The van der Waals surface area contributed by atoms with E-state index in [1.807, 2.05) is 0 Å². The quantitative estimate of drug-likeness (QED) is 0.696. The molecule has 2 unspecified atom stereocenters. The van der Waals surface area contributed by atoms with Gasteiger partial charge >= 0.3 is 6.03 Å². The second-order valence-corrected chi connectivity index (χ2v) is 5.11. The van der Waals surface area contributed by atoms with Crippen LogP contribution >= 0.6 is 0 Å². The monoisotopic (exact) mass is 218 g/mol. The van der Waals surface area contributed by atoms with Gasteiger partial charge in [0, 0.05) is 5.92 Å². The summed E-state index contributed by atoms with van der Waals surface area (Å²) in [5, 5.41) is 2.96. The molecule has 3 aliphatic rings. The molecular formula is C13H18N2O. The standard InChI is InChI=1S/C13H18N2O/c14-13(16)15-12-10-5-1-3-8(10)7-9-4-2-6-11(9)12/h7,10,12H,1-6H2,(H3,14,15,16).